The fourth-order valence-corrected chi connectivity index (χ4v) is 7.84. The number of ether oxygens (including phenoxy) is 1. The predicted molar refractivity (Wildman–Crippen MR) is 183 cm³/mol. The van der Waals surface area contributed by atoms with Crippen molar-refractivity contribution in [1.29, 1.82) is 0 Å². The van der Waals surface area contributed by atoms with Crippen molar-refractivity contribution in [3.05, 3.63) is 113 Å². The van der Waals surface area contributed by atoms with Gasteiger partial charge in [-0.1, -0.05) is 6.08 Å². The highest BCUT2D eigenvalue weighted by molar-refractivity contribution is 6.09. The maximum absolute atomic E-state index is 7.54. The van der Waals surface area contributed by atoms with Crippen molar-refractivity contribution in [2.75, 3.05) is 0 Å². The zero-order valence-electron chi connectivity index (χ0n) is 28.6. The Bertz CT molecular complexity index is 1950. The van der Waals surface area contributed by atoms with Gasteiger partial charge in [0.15, 0.2) is 5.60 Å². The molecule has 0 N–H and O–H groups in total. The van der Waals surface area contributed by atoms with Crippen LogP contribution in [0.3, 0.4) is 0 Å². The van der Waals surface area contributed by atoms with Crippen LogP contribution in [0.2, 0.25) is 0 Å². The van der Waals surface area contributed by atoms with Crippen molar-refractivity contribution < 1.29 is 9.15 Å². The van der Waals surface area contributed by atoms with E-state index >= 15 is 0 Å². The van der Waals surface area contributed by atoms with Crippen LogP contribution in [-0.2, 0) is 5.60 Å². The smallest absolute Gasteiger partial charge is 0.179 e. The molecule has 1 aliphatic heterocycles. The van der Waals surface area contributed by atoms with Crippen LogP contribution in [0.1, 0.15) is 94.6 Å². The second-order valence-corrected chi connectivity index (χ2v) is 13.4. The summed E-state index contributed by atoms with van der Waals surface area (Å²) in [5.74, 6) is 0.900. The first kappa shape index (κ1) is 29.3. The molecule has 0 unspecified atom stereocenters. The number of fused-ring (bicyclic) bond motifs is 4. The minimum atomic E-state index is -0.771. The Kier molecular flexibility index (Phi) is 6.55. The lowest BCUT2D eigenvalue weighted by atomic mass is 9.72. The van der Waals surface area contributed by atoms with Crippen molar-refractivity contribution in [3.63, 3.8) is 0 Å². The molecule has 0 saturated heterocycles. The summed E-state index contributed by atoms with van der Waals surface area (Å²) in [6.07, 6.45) is 4.59. The van der Waals surface area contributed by atoms with Crippen molar-refractivity contribution in [2.24, 2.45) is 0 Å². The van der Waals surface area contributed by atoms with Crippen LogP contribution in [0.5, 0.6) is 5.75 Å². The molecule has 5 aromatic rings. The maximum atomic E-state index is 7.54. The number of aryl methyl sites for hydroxylation is 2. The monoisotopic (exact) mass is 570 g/mol. The number of rotatable bonds is 2. The van der Waals surface area contributed by atoms with Gasteiger partial charge in [-0.2, -0.15) is 0 Å². The molecule has 4 aromatic carbocycles. The fraction of sp³-hybridized carbons (Fsp3) is 0.366. The van der Waals surface area contributed by atoms with Crippen LogP contribution >= 0.6 is 0 Å². The minimum Gasteiger partial charge on any atom is -0.473 e. The van der Waals surface area contributed by atoms with Gasteiger partial charge in [-0.15, -0.1) is 0 Å². The van der Waals surface area contributed by atoms with Gasteiger partial charge in [-0.3, -0.25) is 0 Å². The highest BCUT2D eigenvalue weighted by Gasteiger charge is 2.43. The Morgan fingerprint density at radius 3 is 1.37 bits per heavy atom. The van der Waals surface area contributed by atoms with Gasteiger partial charge >= 0.3 is 0 Å². The van der Waals surface area contributed by atoms with Crippen LogP contribution in [0.15, 0.2) is 22.6 Å². The molecule has 2 heteroatoms. The highest BCUT2D eigenvalue weighted by atomic mass is 16.5. The number of hydrogen-bond acceptors (Lipinski definition) is 2. The first-order valence-electron chi connectivity index (χ1n) is 15.6. The Morgan fingerprint density at radius 1 is 0.465 bits per heavy atom. The van der Waals surface area contributed by atoms with Gasteiger partial charge in [0.05, 0.1) is 0 Å². The molecule has 0 amide bonds. The van der Waals surface area contributed by atoms with Gasteiger partial charge in [-0.25, -0.2) is 0 Å². The Labute approximate surface area is 257 Å². The lowest BCUT2D eigenvalue weighted by molar-refractivity contribution is 0.158. The van der Waals surface area contributed by atoms with Gasteiger partial charge in [0.25, 0.3) is 0 Å². The lowest BCUT2D eigenvalue weighted by Gasteiger charge is -2.41. The first-order valence-corrected chi connectivity index (χ1v) is 15.6. The molecule has 6 rings (SSSR count). The Hall–Kier alpha value is -3.78. The third kappa shape index (κ3) is 3.78. The van der Waals surface area contributed by atoms with Gasteiger partial charge in [0.2, 0.25) is 0 Å². The molecule has 43 heavy (non-hydrogen) atoms. The van der Waals surface area contributed by atoms with E-state index in [2.05, 4.69) is 121 Å². The van der Waals surface area contributed by atoms with E-state index in [1.807, 2.05) is 0 Å². The van der Waals surface area contributed by atoms with E-state index in [0.717, 1.165) is 27.9 Å². The highest BCUT2D eigenvalue weighted by Crippen LogP contribution is 2.50. The lowest BCUT2D eigenvalue weighted by Crippen LogP contribution is -2.38. The molecule has 1 aromatic heterocycles. The molecule has 0 aliphatic carbocycles. The zero-order valence-corrected chi connectivity index (χ0v) is 28.6. The molecule has 0 radical (unpaired) electrons. The zero-order chi connectivity index (χ0) is 31.4. The average Bonchev–Trinajstić information content (AvgIpc) is 3.36. The van der Waals surface area contributed by atoms with Crippen LogP contribution in [-0.4, -0.2) is 0 Å². The normalized spacial score (nSPS) is 14.1. The van der Waals surface area contributed by atoms with Gasteiger partial charge in [0, 0.05) is 27.5 Å². The summed E-state index contributed by atoms with van der Waals surface area (Å²) in [5, 5.41) is 2.32. The second-order valence-electron chi connectivity index (χ2n) is 13.4. The summed E-state index contributed by atoms with van der Waals surface area (Å²) < 4.78 is 14.1. The fourth-order valence-electron chi connectivity index (χ4n) is 7.84. The quantitative estimate of drug-likeness (QED) is 0.211. The molecule has 0 spiro atoms. The van der Waals surface area contributed by atoms with Crippen LogP contribution in [0, 0.1) is 96.9 Å². The predicted octanol–water partition coefficient (Wildman–Crippen LogP) is 11.3. The SMILES string of the molecule is Cc1c(C)c(C)c(C2(c3c(C)c(C)c(C)c(C)c3C)C=Cc3cc4oc5c(C)c(C)c(C)c(C)c5c4cc3O2)c(C)c1C. The van der Waals surface area contributed by atoms with Crippen LogP contribution in [0.4, 0.5) is 0 Å². The molecular formula is C41H46O2. The average molecular weight is 571 g/mol. The summed E-state index contributed by atoms with van der Waals surface area (Å²) in [5.41, 5.74) is 23.1. The molecule has 0 atom stereocenters. The van der Waals surface area contributed by atoms with E-state index in [9.17, 15) is 0 Å². The summed E-state index contributed by atoms with van der Waals surface area (Å²) in [6, 6.07) is 4.42. The number of benzene rings is 4. The summed E-state index contributed by atoms with van der Waals surface area (Å²) in [7, 11) is 0. The van der Waals surface area contributed by atoms with E-state index < -0.39 is 5.60 Å². The maximum Gasteiger partial charge on any atom is 0.179 e. The van der Waals surface area contributed by atoms with Crippen molar-refractivity contribution >= 4 is 28.0 Å². The van der Waals surface area contributed by atoms with E-state index in [4.69, 9.17) is 9.15 Å². The third-order valence-electron chi connectivity index (χ3n) is 11.7. The summed E-state index contributed by atoms with van der Waals surface area (Å²) in [6.45, 7) is 31.5. The van der Waals surface area contributed by atoms with Gasteiger partial charge in [0.1, 0.15) is 16.9 Å². The molecule has 1 aliphatic rings. The molecule has 2 nitrogen and oxygen atoms in total. The topological polar surface area (TPSA) is 22.4 Å². The van der Waals surface area contributed by atoms with E-state index in [-0.39, 0.29) is 0 Å². The Morgan fingerprint density at radius 2 is 0.884 bits per heavy atom. The molecule has 222 valence electrons. The molecule has 0 fully saturated rings. The van der Waals surface area contributed by atoms with Gasteiger partial charge < -0.3 is 9.15 Å². The standard InChI is InChI=1S/C41H46O2/c1-19-22(4)28(10)38(29(11)23(19)5)41(39-30(12)24(6)20(2)25(7)31(39)13)16-15-33-17-36-34(18-35(33)43-41)37-27(9)21(3)26(8)32(14)40(37)42-36/h15-18H,1-14H3. The molecular weight excluding hydrogens is 524 g/mol. The van der Waals surface area contributed by atoms with Crippen LogP contribution in [0.25, 0.3) is 28.0 Å². The third-order valence-corrected chi connectivity index (χ3v) is 11.7. The van der Waals surface area contributed by atoms with E-state index in [1.165, 1.54) is 94.4 Å². The van der Waals surface area contributed by atoms with E-state index in [1.54, 1.807) is 0 Å². The van der Waals surface area contributed by atoms with E-state index in [0.29, 0.717) is 0 Å². The number of furan rings is 1. The van der Waals surface area contributed by atoms with Crippen molar-refractivity contribution in [3.8, 4) is 5.75 Å². The molecule has 0 bridgehead atoms. The second kappa shape index (κ2) is 9.61. The molecule has 0 saturated carbocycles. The van der Waals surface area contributed by atoms with Gasteiger partial charge in [-0.05, 0) is 193 Å². The minimum absolute atomic E-state index is 0.771. The summed E-state index contributed by atoms with van der Waals surface area (Å²) >= 11 is 0. The summed E-state index contributed by atoms with van der Waals surface area (Å²) in [4.78, 5) is 0. The van der Waals surface area contributed by atoms with Crippen molar-refractivity contribution in [1.82, 2.24) is 0 Å². The Balaban J connectivity index is 1.74. The largest absolute Gasteiger partial charge is 0.473 e. The van der Waals surface area contributed by atoms with Crippen LogP contribution < -0.4 is 4.74 Å². The number of hydrogen-bond donors (Lipinski definition) is 0. The van der Waals surface area contributed by atoms with Crippen molar-refractivity contribution in [2.45, 2.75) is 103 Å². The first-order chi connectivity index (χ1) is 20.1. The molecule has 2 heterocycles.